The molecule has 36 valence electrons. The average molecular weight is 115 g/mol. The van der Waals surface area contributed by atoms with Crippen molar-refractivity contribution in [2.75, 3.05) is 0 Å². The zero-order valence-corrected chi connectivity index (χ0v) is 6.96. The Morgan fingerprint density at radius 1 is 1.38 bits per heavy atom. The van der Waals surface area contributed by atoms with Crippen LogP contribution in [0.2, 0.25) is 0 Å². The van der Waals surface area contributed by atoms with Crippen LogP contribution < -0.4 is 29.6 Å². The van der Waals surface area contributed by atoms with Crippen molar-refractivity contribution in [2.24, 2.45) is 0 Å². The Kier molecular flexibility index (Phi) is 3.97. The van der Waals surface area contributed by atoms with E-state index >= 15 is 0 Å². The number of hydrogen-bond donors (Lipinski definition) is 0. The predicted molar refractivity (Wildman–Crippen MR) is 28.7 cm³/mol. The third kappa shape index (κ3) is 2.36. The van der Waals surface area contributed by atoms with E-state index in [0.29, 0.717) is 0 Å². The summed E-state index contributed by atoms with van der Waals surface area (Å²) in [4.78, 5) is 3.87. The molecule has 0 fully saturated rings. The van der Waals surface area contributed by atoms with E-state index in [1.54, 1.807) is 6.20 Å². The SMILES string of the molecule is [CH2-]c1ccccn1.[Na+]. The Hall–Kier alpha value is 0.0200. The van der Waals surface area contributed by atoms with Crippen LogP contribution in [0.5, 0.6) is 0 Å². The van der Waals surface area contributed by atoms with E-state index in [2.05, 4.69) is 11.9 Å². The minimum atomic E-state index is 0. The summed E-state index contributed by atoms with van der Waals surface area (Å²) in [6.07, 6.45) is 1.72. The first-order valence-corrected chi connectivity index (χ1v) is 2.12. The van der Waals surface area contributed by atoms with Gasteiger partial charge in [-0.15, -0.1) is 11.8 Å². The summed E-state index contributed by atoms with van der Waals surface area (Å²) >= 11 is 0. The van der Waals surface area contributed by atoms with Gasteiger partial charge >= 0.3 is 29.6 Å². The Bertz CT molecular complexity index is 138. The molecule has 0 radical (unpaired) electrons. The zero-order chi connectivity index (χ0) is 5.11. The van der Waals surface area contributed by atoms with Crippen molar-refractivity contribution in [1.29, 1.82) is 0 Å². The second kappa shape index (κ2) is 3.96. The van der Waals surface area contributed by atoms with E-state index in [9.17, 15) is 0 Å². The van der Waals surface area contributed by atoms with Crippen LogP contribution in [-0.2, 0) is 0 Å². The minimum absolute atomic E-state index is 0. The zero-order valence-electron chi connectivity index (χ0n) is 4.96. The smallest absolute Gasteiger partial charge is 0.296 e. The molecule has 0 unspecified atom stereocenters. The molecule has 0 saturated heterocycles. The first-order valence-electron chi connectivity index (χ1n) is 2.12. The van der Waals surface area contributed by atoms with Crippen LogP contribution in [0.1, 0.15) is 5.69 Å². The fourth-order valence-electron chi connectivity index (χ4n) is 0.398. The molecule has 0 N–H and O–H groups in total. The maximum absolute atomic E-state index is 3.87. The molecule has 0 bridgehead atoms. The fourth-order valence-corrected chi connectivity index (χ4v) is 0.398. The maximum Gasteiger partial charge on any atom is 1.00 e. The number of pyridine rings is 1. The van der Waals surface area contributed by atoms with Gasteiger partial charge in [0.1, 0.15) is 0 Å². The third-order valence-corrected chi connectivity index (χ3v) is 0.726. The summed E-state index contributed by atoms with van der Waals surface area (Å²) in [6, 6.07) is 5.64. The Balaban J connectivity index is 0.000000490. The van der Waals surface area contributed by atoms with E-state index < -0.39 is 0 Å². The van der Waals surface area contributed by atoms with Crippen molar-refractivity contribution in [2.45, 2.75) is 0 Å². The van der Waals surface area contributed by atoms with E-state index in [4.69, 9.17) is 0 Å². The minimum Gasteiger partial charge on any atom is -0.296 e. The molecule has 1 nitrogen and oxygen atoms in total. The number of rotatable bonds is 0. The molecule has 1 rings (SSSR count). The quantitative estimate of drug-likeness (QED) is 0.289. The number of aromatic nitrogens is 1. The monoisotopic (exact) mass is 115 g/mol. The molecule has 1 aromatic rings. The van der Waals surface area contributed by atoms with E-state index in [-0.39, 0.29) is 29.6 Å². The van der Waals surface area contributed by atoms with Crippen molar-refractivity contribution >= 4 is 0 Å². The molecule has 1 heterocycles. The summed E-state index contributed by atoms with van der Waals surface area (Å²) in [5.74, 6) is 0. The normalized spacial score (nSPS) is 7.50. The van der Waals surface area contributed by atoms with Gasteiger partial charge in [0, 0.05) is 6.20 Å². The first-order chi connectivity index (χ1) is 3.39. The van der Waals surface area contributed by atoms with Crippen molar-refractivity contribution in [3.63, 3.8) is 0 Å². The van der Waals surface area contributed by atoms with Crippen molar-refractivity contribution < 1.29 is 29.6 Å². The topological polar surface area (TPSA) is 12.9 Å². The second-order valence-electron chi connectivity index (χ2n) is 1.32. The predicted octanol–water partition coefficient (Wildman–Crippen LogP) is -1.73. The molecule has 0 aliphatic heterocycles. The largest absolute Gasteiger partial charge is 1.00 e. The van der Waals surface area contributed by atoms with Gasteiger partial charge in [0.25, 0.3) is 0 Å². The van der Waals surface area contributed by atoms with Crippen LogP contribution in [0.3, 0.4) is 0 Å². The molecule has 0 aliphatic carbocycles. The molecule has 0 aliphatic rings. The van der Waals surface area contributed by atoms with Crippen LogP contribution in [-0.4, -0.2) is 4.98 Å². The van der Waals surface area contributed by atoms with E-state index in [1.165, 1.54) is 0 Å². The van der Waals surface area contributed by atoms with Crippen LogP contribution in [0.25, 0.3) is 0 Å². The van der Waals surface area contributed by atoms with Gasteiger partial charge < -0.3 is 0 Å². The van der Waals surface area contributed by atoms with Gasteiger partial charge in [-0.1, -0.05) is 6.07 Å². The van der Waals surface area contributed by atoms with Crippen LogP contribution in [0, 0.1) is 6.92 Å². The average Bonchev–Trinajstić information content (AvgIpc) is 1.69. The first kappa shape index (κ1) is 8.02. The van der Waals surface area contributed by atoms with E-state index in [0.717, 1.165) is 5.69 Å². The molecule has 0 saturated carbocycles. The van der Waals surface area contributed by atoms with Crippen molar-refractivity contribution in [3.05, 3.63) is 37.0 Å². The number of hydrogen-bond acceptors (Lipinski definition) is 1. The molecule has 0 spiro atoms. The summed E-state index contributed by atoms with van der Waals surface area (Å²) in [5, 5.41) is 0. The van der Waals surface area contributed by atoms with Crippen LogP contribution in [0.4, 0.5) is 0 Å². The van der Waals surface area contributed by atoms with E-state index in [1.807, 2.05) is 18.2 Å². The molecule has 2 heteroatoms. The van der Waals surface area contributed by atoms with Gasteiger partial charge in [0.15, 0.2) is 0 Å². The standard InChI is InChI=1S/C6H6N.Na/c1-6-4-2-3-5-7-6;/h2-5H,1H2;/q-1;+1. The van der Waals surface area contributed by atoms with Gasteiger partial charge in [0.05, 0.1) is 0 Å². The molecule has 0 atom stereocenters. The number of nitrogens with zero attached hydrogens (tertiary/aromatic N) is 1. The molecule has 8 heavy (non-hydrogen) atoms. The van der Waals surface area contributed by atoms with Crippen LogP contribution >= 0.6 is 0 Å². The Labute approximate surface area is 71.4 Å². The summed E-state index contributed by atoms with van der Waals surface area (Å²) in [6.45, 7) is 3.61. The molecular formula is C6H6NNa. The van der Waals surface area contributed by atoms with Crippen molar-refractivity contribution in [3.8, 4) is 0 Å². The molecule has 1 aromatic heterocycles. The van der Waals surface area contributed by atoms with Gasteiger partial charge in [-0.2, -0.15) is 6.07 Å². The van der Waals surface area contributed by atoms with Crippen LogP contribution in [0.15, 0.2) is 24.4 Å². The Morgan fingerprint density at radius 2 is 2.12 bits per heavy atom. The maximum atomic E-state index is 3.87. The Morgan fingerprint density at radius 3 is 2.38 bits per heavy atom. The summed E-state index contributed by atoms with van der Waals surface area (Å²) in [7, 11) is 0. The third-order valence-electron chi connectivity index (χ3n) is 0.726. The molecular weight excluding hydrogens is 109 g/mol. The second-order valence-corrected chi connectivity index (χ2v) is 1.32. The van der Waals surface area contributed by atoms with Gasteiger partial charge in [0.2, 0.25) is 0 Å². The molecule has 0 amide bonds. The molecule has 0 aromatic carbocycles. The fraction of sp³-hybridized carbons (Fsp3) is 0. The van der Waals surface area contributed by atoms with Crippen molar-refractivity contribution in [1.82, 2.24) is 4.98 Å². The summed E-state index contributed by atoms with van der Waals surface area (Å²) in [5.41, 5.74) is 0.822. The van der Waals surface area contributed by atoms with Gasteiger partial charge in [-0.3, -0.25) is 4.98 Å². The summed E-state index contributed by atoms with van der Waals surface area (Å²) < 4.78 is 0. The van der Waals surface area contributed by atoms with Gasteiger partial charge in [-0.05, 0) is 0 Å². The van der Waals surface area contributed by atoms with Gasteiger partial charge in [-0.25, -0.2) is 6.92 Å².